The van der Waals surface area contributed by atoms with E-state index in [9.17, 15) is 4.79 Å². The van der Waals surface area contributed by atoms with Crippen LogP contribution in [0.25, 0.3) is 0 Å². The SMILES string of the molecule is O=C(N1CC2(C1)OCCC2COCc1ccncc1)C12CC3CC(CC(C3)C1)C2. The lowest BCUT2D eigenvalue weighted by Gasteiger charge is -2.59. The topological polar surface area (TPSA) is 51.7 Å². The summed E-state index contributed by atoms with van der Waals surface area (Å²) in [6.45, 7) is 3.67. The molecule has 6 aliphatic rings. The summed E-state index contributed by atoms with van der Waals surface area (Å²) in [5, 5.41) is 0. The van der Waals surface area contributed by atoms with Crippen LogP contribution in [-0.2, 0) is 20.9 Å². The van der Waals surface area contributed by atoms with Crippen LogP contribution in [0.3, 0.4) is 0 Å². The quantitative estimate of drug-likeness (QED) is 0.765. The fraction of sp³-hybridized carbons (Fsp3) is 0.750. The number of pyridine rings is 1. The molecule has 1 unspecified atom stereocenters. The van der Waals surface area contributed by atoms with E-state index in [4.69, 9.17) is 9.47 Å². The van der Waals surface area contributed by atoms with E-state index in [1.807, 2.05) is 12.1 Å². The molecule has 0 radical (unpaired) electrons. The van der Waals surface area contributed by atoms with Crippen molar-refractivity contribution >= 4 is 5.91 Å². The molecule has 156 valence electrons. The van der Waals surface area contributed by atoms with E-state index in [1.165, 1.54) is 19.3 Å². The summed E-state index contributed by atoms with van der Waals surface area (Å²) in [7, 11) is 0. The number of carbonyl (C=O) groups is 1. The molecule has 29 heavy (non-hydrogen) atoms. The van der Waals surface area contributed by atoms with Crippen LogP contribution in [0, 0.1) is 29.1 Å². The molecule has 4 aliphatic carbocycles. The van der Waals surface area contributed by atoms with Gasteiger partial charge in [-0.05, 0) is 80.4 Å². The minimum absolute atomic E-state index is 0.0255. The summed E-state index contributed by atoms with van der Waals surface area (Å²) >= 11 is 0. The highest BCUT2D eigenvalue weighted by Gasteiger charge is 2.60. The molecule has 0 N–H and O–H groups in total. The number of hydrogen-bond donors (Lipinski definition) is 0. The number of likely N-dealkylation sites (tertiary alicyclic amines) is 1. The molecular weight excluding hydrogens is 364 g/mol. The van der Waals surface area contributed by atoms with Crippen LogP contribution < -0.4 is 0 Å². The lowest BCUT2D eigenvalue weighted by Crippen LogP contribution is -2.69. The van der Waals surface area contributed by atoms with Crippen LogP contribution in [-0.4, -0.2) is 47.7 Å². The highest BCUT2D eigenvalue weighted by Crippen LogP contribution is 2.61. The second kappa shape index (κ2) is 6.78. The molecule has 0 aromatic carbocycles. The summed E-state index contributed by atoms with van der Waals surface area (Å²) in [6.07, 6.45) is 12.3. The maximum atomic E-state index is 13.6. The lowest BCUT2D eigenvalue weighted by atomic mass is 9.49. The molecule has 2 saturated heterocycles. The molecule has 4 bridgehead atoms. The van der Waals surface area contributed by atoms with Gasteiger partial charge in [-0.1, -0.05) is 0 Å². The van der Waals surface area contributed by atoms with Gasteiger partial charge >= 0.3 is 0 Å². The standard InChI is InChI=1S/C24H32N2O3/c27-22(23-10-18-7-19(11-23)9-20(8-18)12-23)26-15-24(16-26)21(3-6-29-24)14-28-13-17-1-4-25-5-2-17/h1-2,4-5,18-21H,3,6-16H2. The largest absolute Gasteiger partial charge is 0.376 e. The van der Waals surface area contributed by atoms with E-state index < -0.39 is 0 Å². The van der Waals surface area contributed by atoms with Gasteiger partial charge in [-0.25, -0.2) is 0 Å². The van der Waals surface area contributed by atoms with E-state index in [-0.39, 0.29) is 11.0 Å². The highest BCUT2D eigenvalue weighted by molar-refractivity contribution is 5.84. The van der Waals surface area contributed by atoms with Gasteiger partial charge in [0.05, 0.1) is 31.7 Å². The average Bonchev–Trinajstić information content (AvgIpc) is 3.10. The van der Waals surface area contributed by atoms with Gasteiger partial charge < -0.3 is 14.4 Å². The van der Waals surface area contributed by atoms with Crippen LogP contribution >= 0.6 is 0 Å². The number of aromatic nitrogens is 1. The van der Waals surface area contributed by atoms with Crippen LogP contribution in [0.2, 0.25) is 0 Å². The van der Waals surface area contributed by atoms with Gasteiger partial charge in [-0.2, -0.15) is 0 Å². The Balaban J connectivity index is 1.07. The molecule has 1 aromatic rings. The van der Waals surface area contributed by atoms with Crippen LogP contribution in [0.15, 0.2) is 24.5 Å². The minimum Gasteiger partial charge on any atom is -0.376 e. The number of hydrogen-bond acceptors (Lipinski definition) is 4. The monoisotopic (exact) mass is 396 g/mol. The average molecular weight is 397 g/mol. The third-order valence-corrected chi connectivity index (χ3v) is 8.63. The first-order chi connectivity index (χ1) is 14.1. The van der Waals surface area contributed by atoms with Crippen molar-refractivity contribution in [2.45, 2.75) is 57.2 Å². The van der Waals surface area contributed by atoms with E-state index in [0.29, 0.717) is 25.0 Å². The van der Waals surface area contributed by atoms with E-state index in [2.05, 4.69) is 9.88 Å². The summed E-state index contributed by atoms with van der Waals surface area (Å²) in [6, 6.07) is 3.99. The van der Waals surface area contributed by atoms with Crippen molar-refractivity contribution in [1.29, 1.82) is 0 Å². The van der Waals surface area contributed by atoms with Gasteiger partial charge in [-0.15, -0.1) is 0 Å². The normalized spacial score (nSPS) is 39.1. The van der Waals surface area contributed by atoms with Gasteiger partial charge in [0.25, 0.3) is 0 Å². The Hall–Kier alpha value is -1.46. The second-order valence-electron chi connectivity index (χ2n) is 10.6. The van der Waals surface area contributed by atoms with Crippen LogP contribution in [0.4, 0.5) is 0 Å². The Kier molecular flexibility index (Phi) is 4.28. The summed E-state index contributed by atoms with van der Waals surface area (Å²) < 4.78 is 12.2. The van der Waals surface area contributed by atoms with Crippen molar-refractivity contribution in [2.24, 2.45) is 29.1 Å². The van der Waals surface area contributed by atoms with Gasteiger partial charge in [0, 0.05) is 24.9 Å². The molecule has 1 spiro atoms. The molecule has 5 nitrogen and oxygen atoms in total. The summed E-state index contributed by atoms with van der Waals surface area (Å²) in [5.74, 6) is 3.30. The smallest absolute Gasteiger partial charge is 0.229 e. The molecule has 7 rings (SSSR count). The third kappa shape index (κ3) is 3.04. The highest BCUT2D eigenvalue weighted by atomic mass is 16.5. The third-order valence-electron chi connectivity index (χ3n) is 8.63. The van der Waals surface area contributed by atoms with E-state index >= 15 is 0 Å². The van der Waals surface area contributed by atoms with Crippen molar-refractivity contribution in [3.8, 4) is 0 Å². The Labute approximate surface area is 173 Å². The van der Waals surface area contributed by atoms with Gasteiger partial charge in [0.2, 0.25) is 5.91 Å². The molecule has 5 heteroatoms. The zero-order valence-corrected chi connectivity index (χ0v) is 17.2. The molecule has 1 aromatic heterocycles. The van der Waals surface area contributed by atoms with Crippen molar-refractivity contribution in [3.05, 3.63) is 30.1 Å². The fourth-order valence-corrected chi connectivity index (χ4v) is 7.62. The Morgan fingerprint density at radius 1 is 1.10 bits per heavy atom. The zero-order chi connectivity index (χ0) is 19.5. The molecule has 4 saturated carbocycles. The van der Waals surface area contributed by atoms with Gasteiger partial charge in [0.1, 0.15) is 5.60 Å². The second-order valence-corrected chi connectivity index (χ2v) is 10.6. The molecular formula is C24H32N2O3. The first kappa shape index (κ1) is 18.3. The van der Waals surface area contributed by atoms with E-state index in [0.717, 1.165) is 68.7 Å². The van der Waals surface area contributed by atoms with E-state index in [1.54, 1.807) is 12.4 Å². The zero-order valence-electron chi connectivity index (χ0n) is 17.2. The predicted molar refractivity (Wildman–Crippen MR) is 108 cm³/mol. The van der Waals surface area contributed by atoms with Crippen molar-refractivity contribution in [1.82, 2.24) is 9.88 Å². The van der Waals surface area contributed by atoms with Gasteiger partial charge in [-0.3, -0.25) is 9.78 Å². The molecule has 1 amide bonds. The van der Waals surface area contributed by atoms with Crippen molar-refractivity contribution in [2.75, 3.05) is 26.3 Å². The Morgan fingerprint density at radius 2 is 1.76 bits per heavy atom. The Bertz CT molecular complexity index is 738. The number of carbonyl (C=O) groups excluding carboxylic acids is 1. The van der Waals surface area contributed by atoms with Crippen LogP contribution in [0.5, 0.6) is 0 Å². The minimum atomic E-state index is -0.157. The van der Waals surface area contributed by atoms with Crippen LogP contribution in [0.1, 0.15) is 50.5 Å². The van der Waals surface area contributed by atoms with Crippen molar-refractivity contribution < 1.29 is 14.3 Å². The fourth-order valence-electron chi connectivity index (χ4n) is 7.62. The molecule has 2 aliphatic heterocycles. The number of ether oxygens (including phenoxy) is 2. The maximum Gasteiger partial charge on any atom is 0.229 e. The number of amides is 1. The predicted octanol–water partition coefficient (Wildman–Crippen LogP) is 3.43. The Morgan fingerprint density at radius 3 is 2.41 bits per heavy atom. The van der Waals surface area contributed by atoms with Crippen molar-refractivity contribution in [3.63, 3.8) is 0 Å². The number of nitrogens with zero attached hydrogens (tertiary/aromatic N) is 2. The molecule has 3 heterocycles. The molecule has 1 atom stereocenters. The lowest BCUT2D eigenvalue weighted by molar-refractivity contribution is -0.188. The summed E-state index contributed by atoms with van der Waals surface area (Å²) in [4.78, 5) is 19.7. The molecule has 6 fully saturated rings. The summed E-state index contributed by atoms with van der Waals surface area (Å²) in [5.41, 5.74) is 0.971. The number of rotatable bonds is 5. The maximum absolute atomic E-state index is 13.6. The first-order valence-corrected chi connectivity index (χ1v) is 11.5. The first-order valence-electron chi connectivity index (χ1n) is 11.5. The van der Waals surface area contributed by atoms with Gasteiger partial charge in [0.15, 0.2) is 0 Å².